The molecule has 18 heavy (non-hydrogen) atoms. The molecule has 1 amide bonds. The molecule has 6 heteroatoms. The van der Waals surface area contributed by atoms with Crippen molar-refractivity contribution in [3.8, 4) is 0 Å². The van der Waals surface area contributed by atoms with Crippen LogP contribution in [-0.2, 0) is 0 Å². The van der Waals surface area contributed by atoms with Crippen LogP contribution in [0.25, 0.3) is 0 Å². The first kappa shape index (κ1) is 14.1. The van der Waals surface area contributed by atoms with Gasteiger partial charge in [0.15, 0.2) is 0 Å². The van der Waals surface area contributed by atoms with Gasteiger partial charge in [-0.05, 0) is 31.5 Å². The number of likely N-dealkylation sites (tertiary alicyclic amines) is 1. The van der Waals surface area contributed by atoms with Crippen molar-refractivity contribution in [2.75, 3.05) is 26.2 Å². The van der Waals surface area contributed by atoms with Crippen LogP contribution in [0.1, 0.15) is 22.5 Å². The van der Waals surface area contributed by atoms with Crippen molar-refractivity contribution >= 4 is 41.3 Å². The van der Waals surface area contributed by atoms with Gasteiger partial charge < -0.3 is 10.2 Å². The van der Waals surface area contributed by atoms with Crippen LogP contribution in [0.3, 0.4) is 0 Å². The summed E-state index contributed by atoms with van der Waals surface area (Å²) >= 11 is 7.24. The van der Waals surface area contributed by atoms with Crippen molar-refractivity contribution in [1.82, 2.24) is 10.2 Å². The third-order valence-corrected chi connectivity index (χ3v) is 5.06. The molecule has 1 atom stereocenters. The lowest BCUT2D eigenvalue weighted by Crippen LogP contribution is -2.32. The van der Waals surface area contributed by atoms with Gasteiger partial charge in [-0.15, -0.1) is 23.7 Å². The van der Waals surface area contributed by atoms with Crippen LogP contribution in [0.4, 0.5) is 0 Å². The summed E-state index contributed by atoms with van der Waals surface area (Å²) in [5, 5.41) is 3.40. The Labute approximate surface area is 122 Å². The molecule has 3 heterocycles. The summed E-state index contributed by atoms with van der Waals surface area (Å²) in [5.41, 5.74) is 0.344. The summed E-state index contributed by atoms with van der Waals surface area (Å²) in [4.78, 5) is 15.0. The number of nitrogens with zero attached hydrogens (tertiary/aromatic N) is 1. The minimum atomic E-state index is 0. The maximum Gasteiger partial charge on any atom is 0.263 e. The van der Waals surface area contributed by atoms with Crippen LogP contribution < -0.4 is 5.32 Å². The summed E-state index contributed by atoms with van der Waals surface area (Å²) in [5.74, 6) is 0.144. The maximum atomic E-state index is 12.3. The highest BCUT2D eigenvalue weighted by Crippen LogP contribution is 2.37. The molecule has 0 saturated carbocycles. The van der Waals surface area contributed by atoms with Gasteiger partial charge in [0.05, 0.1) is 9.21 Å². The molecule has 0 radical (unpaired) electrons. The number of carbonyl (C=O) groups excluding carboxylic acids is 1. The number of halogens is 2. The number of amides is 1. The Kier molecular flexibility index (Phi) is 4.22. The number of thiophene rings is 1. The number of rotatable bonds is 1. The Bertz CT molecular complexity index is 443. The minimum Gasteiger partial charge on any atom is -0.337 e. The van der Waals surface area contributed by atoms with Crippen molar-refractivity contribution in [3.63, 3.8) is 0 Å². The Morgan fingerprint density at radius 3 is 2.89 bits per heavy atom. The number of hydrogen-bond acceptors (Lipinski definition) is 3. The van der Waals surface area contributed by atoms with Gasteiger partial charge in [0.25, 0.3) is 5.91 Å². The van der Waals surface area contributed by atoms with Gasteiger partial charge in [0.2, 0.25) is 0 Å². The molecule has 100 valence electrons. The van der Waals surface area contributed by atoms with Gasteiger partial charge in [-0.25, -0.2) is 0 Å². The molecular weight excluding hydrogens is 291 g/mol. The lowest BCUT2D eigenvalue weighted by atomic mass is 9.87. The molecule has 2 fully saturated rings. The first-order chi connectivity index (χ1) is 8.19. The maximum absolute atomic E-state index is 12.3. The van der Waals surface area contributed by atoms with Gasteiger partial charge in [0.1, 0.15) is 0 Å². The van der Waals surface area contributed by atoms with Crippen molar-refractivity contribution in [2.45, 2.75) is 12.8 Å². The second-order valence-electron chi connectivity index (χ2n) is 5.01. The first-order valence-corrected chi connectivity index (χ1v) is 7.13. The number of carbonyl (C=O) groups is 1. The molecule has 1 aromatic rings. The van der Waals surface area contributed by atoms with Gasteiger partial charge in [-0.2, -0.15) is 0 Å². The number of hydrogen-bond donors (Lipinski definition) is 1. The molecule has 3 nitrogen and oxygen atoms in total. The van der Waals surface area contributed by atoms with Crippen LogP contribution in [0, 0.1) is 5.41 Å². The standard InChI is InChI=1S/C12H15ClN2OS.ClH/c13-10-2-1-9(17-10)11(16)15-6-4-12(8-15)3-5-14-7-12;/h1-2,14H,3-8H2;1H. The highest BCUT2D eigenvalue weighted by atomic mass is 35.5. The fourth-order valence-corrected chi connectivity index (χ4v) is 3.85. The molecule has 1 spiro atoms. The molecule has 2 aliphatic rings. The monoisotopic (exact) mass is 306 g/mol. The van der Waals surface area contributed by atoms with Crippen LogP contribution in [0.15, 0.2) is 12.1 Å². The second kappa shape index (κ2) is 5.37. The van der Waals surface area contributed by atoms with Crippen molar-refractivity contribution in [2.24, 2.45) is 5.41 Å². The highest BCUT2D eigenvalue weighted by molar-refractivity contribution is 7.17. The lowest BCUT2D eigenvalue weighted by molar-refractivity contribution is 0.0780. The predicted molar refractivity (Wildman–Crippen MR) is 77.0 cm³/mol. The molecule has 0 aromatic carbocycles. The fourth-order valence-electron chi connectivity index (χ4n) is 2.84. The third-order valence-electron chi connectivity index (χ3n) is 3.84. The van der Waals surface area contributed by atoms with Crippen LogP contribution >= 0.6 is 35.3 Å². The first-order valence-electron chi connectivity index (χ1n) is 5.94. The third kappa shape index (κ3) is 2.52. The molecule has 2 aliphatic heterocycles. The molecule has 3 rings (SSSR count). The molecule has 0 aliphatic carbocycles. The fraction of sp³-hybridized carbons (Fsp3) is 0.583. The van der Waals surface area contributed by atoms with E-state index in [9.17, 15) is 4.79 Å². The Balaban J connectivity index is 0.00000120. The average molecular weight is 307 g/mol. The van der Waals surface area contributed by atoms with Crippen LogP contribution in [0.2, 0.25) is 4.34 Å². The number of nitrogens with one attached hydrogen (secondary N) is 1. The average Bonchev–Trinajstić information content (AvgIpc) is 3.02. The van der Waals surface area contributed by atoms with E-state index in [0.29, 0.717) is 9.75 Å². The van der Waals surface area contributed by atoms with Crippen LogP contribution in [-0.4, -0.2) is 37.0 Å². The Morgan fingerprint density at radius 1 is 1.44 bits per heavy atom. The SMILES string of the molecule is Cl.O=C(c1ccc(Cl)s1)N1CCC2(CCNC2)C1. The van der Waals surface area contributed by atoms with Crippen molar-refractivity contribution < 1.29 is 4.79 Å². The smallest absolute Gasteiger partial charge is 0.263 e. The summed E-state index contributed by atoms with van der Waals surface area (Å²) in [7, 11) is 0. The predicted octanol–water partition coefficient (Wildman–Crippen LogP) is 2.65. The van der Waals surface area contributed by atoms with E-state index in [1.165, 1.54) is 17.8 Å². The molecule has 1 N–H and O–H groups in total. The van der Waals surface area contributed by atoms with E-state index in [1.54, 1.807) is 6.07 Å². The van der Waals surface area contributed by atoms with Gasteiger partial charge in [-0.3, -0.25) is 4.79 Å². The molecule has 1 aromatic heterocycles. The highest BCUT2D eigenvalue weighted by Gasteiger charge is 2.42. The quantitative estimate of drug-likeness (QED) is 0.865. The van der Waals surface area contributed by atoms with E-state index < -0.39 is 0 Å². The topological polar surface area (TPSA) is 32.3 Å². The summed E-state index contributed by atoms with van der Waals surface area (Å²) < 4.78 is 0.685. The molecule has 0 bridgehead atoms. The minimum absolute atomic E-state index is 0. The summed E-state index contributed by atoms with van der Waals surface area (Å²) in [6.07, 6.45) is 2.33. The summed E-state index contributed by atoms with van der Waals surface area (Å²) in [6.45, 7) is 3.93. The zero-order chi connectivity index (χ0) is 11.9. The Hall–Kier alpha value is -0.290. The van der Waals surface area contributed by atoms with E-state index in [2.05, 4.69) is 5.32 Å². The normalized spacial score (nSPS) is 26.6. The lowest BCUT2D eigenvalue weighted by Gasteiger charge is -2.22. The van der Waals surface area contributed by atoms with Crippen LogP contribution in [0.5, 0.6) is 0 Å². The van der Waals surface area contributed by atoms with E-state index in [-0.39, 0.29) is 18.3 Å². The van der Waals surface area contributed by atoms with Gasteiger partial charge in [0, 0.05) is 25.0 Å². The molecule has 2 saturated heterocycles. The Morgan fingerprint density at radius 2 is 2.28 bits per heavy atom. The van der Waals surface area contributed by atoms with E-state index in [4.69, 9.17) is 11.6 Å². The van der Waals surface area contributed by atoms with E-state index in [0.717, 1.165) is 37.5 Å². The zero-order valence-electron chi connectivity index (χ0n) is 9.95. The van der Waals surface area contributed by atoms with Gasteiger partial charge >= 0.3 is 0 Å². The zero-order valence-corrected chi connectivity index (χ0v) is 12.3. The molecule has 1 unspecified atom stereocenters. The summed E-state index contributed by atoms with van der Waals surface area (Å²) in [6, 6.07) is 3.62. The van der Waals surface area contributed by atoms with Crippen molar-refractivity contribution in [1.29, 1.82) is 0 Å². The van der Waals surface area contributed by atoms with E-state index in [1.807, 2.05) is 11.0 Å². The van der Waals surface area contributed by atoms with Crippen molar-refractivity contribution in [3.05, 3.63) is 21.3 Å². The molecular formula is C12H16Cl2N2OS. The second-order valence-corrected chi connectivity index (χ2v) is 6.72. The van der Waals surface area contributed by atoms with E-state index >= 15 is 0 Å². The largest absolute Gasteiger partial charge is 0.337 e. The van der Waals surface area contributed by atoms with Gasteiger partial charge in [-0.1, -0.05) is 11.6 Å².